The molecule has 0 spiro atoms. The Morgan fingerprint density at radius 2 is 2.29 bits per heavy atom. The van der Waals surface area contributed by atoms with E-state index in [1.807, 2.05) is 32.0 Å². The number of esters is 1. The number of hydrogen-bond acceptors (Lipinski definition) is 2. The zero-order chi connectivity index (χ0) is 15.0. The fourth-order valence-corrected chi connectivity index (χ4v) is 3.16. The summed E-state index contributed by atoms with van der Waals surface area (Å²) in [7, 11) is 0. The number of nitrogens with one attached hydrogen (secondary N) is 1. The quantitative estimate of drug-likeness (QED) is 0.857. The van der Waals surface area contributed by atoms with Crippen molar-refractivity contribution in [3.05, 3.63) is 40.6 Å². The number of fused-ring (bicyclic) bond motifs is 3. The van der Waals surface area contributed by atoms with E-state index in [9.17, 15) is 4.79 Å². The van der Waals surface area contributed by atoms with Gasteiger partial charge in [-0.2, -0.15) is 0 Å². The second-order valence-electron chi connectivity index (χ2n) is 5.34. The zero-order valence-corrected chi connectivity index (χ0v) is 13.0. The van der Waals surface area contributed by atoms with Crippen molar-refractivity contribution < 1.29 is 9.53 Å². The van der Waals surface area contributed by atoms with Gasteiger partial charge in [0.1, 0.15) is 0 Å². The van der Waals surface area contributed by atoms with E-state index in [0.29, 0.717) is 6.61 Å². The van der Waals surface area contributed by atoms with Crippen LogP contribution in [0.4, 0.5) is 0 Å². The normalized spacial score (nSPS) is 15.5. The summed E-state index contributed by atoms with van der Waals surface area (Å²) >= 11 is 6.11. The lowest BCUT2D eigenvalue weighted by atomic mass is 9.88. The minimum Gasteiger partial charge on any atom is -0.466 e. The maximum atomic E-state index is 12.0. The molecule has 110 valence electrons. The Morgan fingerprint density at radius 3 is 3.05 bits per heavy atom. The second kappa shape index (κ2) is 5.57. The molecule has 1 aromatic carbocycles. The molecule has 0 radical (unpaired) electrons. The summed E-state index contributed by atoms with van der Waals surface area (Å²) in [5.41, 5.74) is 4.40. The first kappa shape index (κ1) is 14.2. The summed E-state index contributed by atoms with van der Waals surface area (Å²) < 4.78 is 5.15. The van der Waals surface area contributed by atoms with Gasteiger partial charge in [0, 0.05) is 21.6 Å². The minimum atomic E-state index is -0.257. The summed E-state index contributed by atoms with van der Waals surface area (Å²) in [6.07, 6.45) is 4.04. The summed E-state index contributed by atoms with van der Waals surface area (Å²) in [5, 5.41) is 1.89. The van der Waals surface area contributed by atoms with Crippen LogP contribution in [0.25, 0.3) is 16.5 Å². The van der Waals surface area contributed by atoms with Crippen LogP contribution in [0.15, 0.2) is 24.3 Å². The number of aromatic amines is 1. The minimum absolute atomic E-state index is 0.173. The van der Waals surface area contributed by atoms with Gasteiger partial charge in [-0.3, -0.25) is 4.79 Å². The van der Waals surface area contributed by atoms with E-state index in [4.69, 9.17) is 16.3 Å². The van der Waals surface area contributed by atoms with Crippen LogP contribution < -0.4 is 0 Å². The third-order valence-corrected chi connectivity index (χ3v) is 4.26. The molecule has 0 saturated carbocycles. The zero-order valence-electron chi connectivity index (χ0n) is 12.2. The molecule has 1 N–H and O–H groups in total. The van der Waals surface area contributed by atoms with Crippen molar-refractivity contribution in [2.75, 3.05) is 6.61 Å². The Bertz CT molecular complexity index is 730. The maximum absolute atomic E-state index is 12.0. The van der Waals surface area contributed by atoms with Crippen LogP contribution in [0.2, 0.25) is 5.02 Å². The van der Waals surface area contributed by atoms with E-state index in [0.717, 1.165) is 40.0 Å². The van der Waals surface area contributed by atoms with Crippen molar-refractivity contribution in [2.45, 2.75) is 26.7 Å². The van der Waals surface area contributed by atoms with E-state index < -0.39 is 0 Å². The molecule has 1 aliphatic carbocycles. The topological polar surface area (TPSA) is 42.1 Å². The molecule has 0 aliphatic heterocycles. The molecule has 2 aromatic rings. The van der Waals surface area contributed by atoms with E-state index in [-0.39, 0.29) is 11.9 Å². The largest absolute Gasteiger partial charge is 0.466 e. The first-order chi connectivity index (χ1) is 10.1. The Hall–Kier alpha value is -1.74. The van der Waals surface area contributed by atoms with Gasteiger partial charge in [0.25, 0.3) is 0 Å². The highest BCUT2D eigenvalue weighted by molar-refractivity contribution is 6.31. The number of H-pyrrole nitrogens is 1. The first-order valence-electron chi connectivity index (χ1n) is 7.29. The average Bonchev–Trinajstić information content (AvgIpc) is 2.84. The van der Waals surface area contributed by atoms with Crippen LogP contribution in [0.5, 0.6) is 0 Å². The second-order valence-corrected chi connectivity index (χ2v) is 5.78. The molecule has 21 heavy (non-hydrogen) atoms. The van der Waals surface area contributed by atoms with Gasteiger partial charge in [-0.25, -0.2) is 0 Å². The third-order valence-electron chi connectivity index (χ3n) is 4.02. The van der Waals surface area contributed by atoms with Gasteiger partial charge in [-0.1, -0.05) is 17.7 Å². The molecule has 0 bridgehead atoms. The lowest BCUT2D eigenvalue weighted by molar-refractivity contribution is -0.145. The highest BCUT2D eigenvalue weighted by Crippen LogP contribution is 2.37. The van der Waals surface area contributed by atoms with Crippen LogP contribution in [0.1, 0.15) is 31.5 Å². The molecule has 3 nitrogen and oxygen atoms in total. The van der Waals surface area contributed by atoms with Crippen molar-refractivity contribution in [1.29, 1.82) is 0 Å². The van der Waals surface area contributed by atoms with E-state index in [1.165, 1.54) is 5.56 Å². The number of ether oxygens (including phenoxy) is 1. The number of aromatic nitrogens is 1. The fraction of sp³-hybridized carbons (Fsp3) is 0.353. The molecule has 1 aromatic heterocycles. The average molecular weight is 304 g/mol. The van der Waals surface area contributed by atoms with E-state index in [1.54, 1.807) is 0 Å². The highest BCUT2D eigenvalue weighted by Gasteiger charge is 2.26. The van der Waals surface area contributed by atoms with Crippen LogP contribution in [-0.2, 0) is 16.0 Å². The Morgan fingerprint density at radius 1 is 1.48 bits per heavy atom. The summed E-state index contributed by atoms with van der Waals surface area (Å²) in [6.45, 7) is 4.14. The van der Waals surface area contributed by atoms with Gasteiger partial charge in [0.2, 0.25) is 0 Å². The lowest BCUT2D eigenvalue weighted by Crippen LogP contribution is -2.18. The highest BCUT2D eigenvalue weighted by atomic mass is 35.5. The number of carbonyl (C=O) groups excluding carboxylic acids is 1. The van der Waals surface area contributed by atoms with Crippen LogP contribution in [0, 0.1) is 5.92 Å². The van der Waals surface area contributed by atoms with Gasteiger partial charge >= 0.3 is 5.97 Å². The molecule has 1 atom stereocenters. The van der Waals surface area contributed by atoms with Crippen molar-refractivity contribution in [2.24, 2.45) is 5.92 Å². The molecule has 3 rings (SSSR count). The molecule has 1 aliphatic rings. The Balaban J connectivity index is 2.06. The number of hydrogen-bond donors (Lipinski definition) is 1. The van der Waals surface area contributed by atoms with Crippen LogP contribution in [-0.4, -0.2) is 17.6 Å². The summed E-state index contributed by atoms with van der Waals surface area (Å²) in [4.78, 5) is 15.5. The van der Waals surface area contributed by atoms with Gasteiger partial charge in [-0.05, 0) is 56.0 Å². The third kappa shape index (κ3) is 2.46. The van der Waals surface area contributed by atoms with Gasteiger partial charge in [0.05, 0.1) is 12.5 Å². The van der Waals surface area contributed by atoms with Gasteiger partial charge in [-0.15, -0.1) is 0 Å². The lowest BCUT2D eigenvalue weighted by Gasteiger charge is -2.19. The summed E-state index contributed by atoms with van der Waals surface area (Å²) in [6, 6.07) is 5.86. The van der Waals surface area contributed by atoms with Crippen molar-refractivity contribution in [1.82, 2.24) is 4.98 Å². The molecular weight excluding hydrogens is 286 g/mol. The number of rotatable bonds is 3. The Kier molecular flexibility index (Phi) is 3.77. The predicted molar refractivity (Wildman–Crippen MR) is 85.4 cm³/mol. The first-order valence-corrected chi connectivity index (χ1v) is 7.66. The number of halogens is 1. The molecular formula is C17H18ClNO2. The smallest absolute Gasteiger partial charge is 0.313 e. The van der Waals surface area contributed by atoms with E-state index >= 15 is 0 Å². The number of allylic oxidation sites excluding steroid dienone is 1. The maximum Gasteiger partial charge on any atom is 0.313 e. The number of benzene rings is 1. The van der Waals surface area contributed by atoms with Crippen molar-refractivity contribution in [3.63, 3.8) is 0 Å². The molecule has 1 heterocycles. The number of carbonyl (C=O) groups is 1. The molecule has 0 fully saturated rings. The summed E-state index contributed by atoms with van der Waals surface area (Å²) in [5.74, 6) is -0.430. The van der Waals surface area contributed by atoms with Crippen molar-refractivity contribution >= 4 is 34.0 Å². The van der Waals surface area contributed by atoms with Crippen LogP contribution >= 0.6 is 11.6 Å². The van der Waals surface area contributed by atoms with Crippen molar-refractivity contribution in [3.8, 4) is 0 Å². The standard InChI is InChI=1S/C17H18ClNO2/c1-3-21-17(20)10(2)12-5-4-6-13-14-9-11(18)7-8-15(14)19-16(12)13/h5,7-10,19H,3-4,6H2,1-2H3. The van der Waals surface area contributed by atoms with Gasteiger partial charge < -0.3 is 9.72 Å². The molecule has 4 heteroatoms. The molecule has 1 unspecified atom stereocenters. The monoisotopic (exact) mass is 303 g/mol. The number of aryl methyl sites for hydroxylation is 1. The predicted octanol–water partition coefficient (Wildman–Crippen LogP) is 4.35. The van der Waals surface area contributed by atoms with Crippen LogP contribution in [0.3, 0.4) is 0 Å². The SMILES string of the molecule is CCOC(=O)C(C)C1=CCCc2c1[nH]c1ccc(Cl)cc21. The van der Waals surface area contributed by atoms with Gasteiger partial charge in [0.15, 0.2) is 0 Å². The van der Waals surface area contributed by atoms with E-state index in [2.05, 4.69) is 11.1 Å². The Labute approximate surface area is 128 Å². The fourth-order valence-electron chi connectivity index (χ4n) is 2.99. The molecule has 0 saturated heterocycles. The molecule has 0 amide bonds.